The molecule has 0 aliphatic heterocycles. The standard InChI is InChI=1S/C41H23N3O2/c1-3-16-37-34(12-1)43-40(45-37)26-9-5-8-24(22-26)25-18-19-27-29-10-6-11-30-28(20-21-31(39(29)30)32(27)23-25)33-14-7-15-36(42-33)41-44-35-13-2-4-17-38(35)46-41/h1-23H. The van der Waals surface area contributed by atoms with E-state index in [1.165, 1.54) is 33.0 Å². The maximum Gasteiger partial charge on any atom is 0.246 e. The van der Waals surface area contributed by atoms with Gasteiger partial charge in [0.05, 0.1) is 5.69 Å². The average Bonchev–Trinajstić information content (AvgIpc) is 3.84. The zero-order chi connectivity index (χ0) is 30.2. The lowest BCUT2D eigenvalue weighted by Gasteiger charge is -2.10. The number of para-hydroxylation sites is 4. The monoisotopic (exact) mass is 589 g/mol. The second kappa shape index (κ2) is 9.58. The SMILES string of the molecule is c1cc(-c2ccc3c(c2)-c2ccc(-c4cccc(-c5nc6ccccc6o5)n4)c4cccc-3c24)cc(-c2nc3ccccc3o2)c1. The van der Waals surface area contributed by atoms with Gasteiger partial charge in [-0.15, -0.1) is 0 Å². The van der Waals surface area contributed by atoms with Crippen molar-refractivity contribution in [1.29, 1.82) is 0 Å². The average molecular weight is 590 g/mol. The molecule has 214 valence electrons. The third kappa shape index (κ3) is 3.79. The predicted octanol–water partition coefficient (Wildman–Crippen LogP) is 10.8. The largest absolute Gasteiger partial charge is 0.436 e. The molecule has 0 unspecified atom stereocenters. The van der Waals surface area contributed by atoms with Crippen molar-refractivity contribution in [1.82, 2.24) is 15.0 Å². The number of hydrogen-bond donors (Lipinski definition) is 0. The van der Waals surface area contributed by atoms with Gasteiger partial charge in [-0.2, -0.15) is 0 Å². The van der Waals surface area contributed by atoms with E-state index in [2.05, 4.69) is 77.8 Å². The Labute approximate surface area is 263 Å². The van der Waals surface area contributed by atoms with E-state index >= 15 is 0 Å². The summed E-state index contributed by atoms with van der Waals surface area (Å²) < 4.78 is 12.1. The van der Waals surface area contributed by atoms with Crippen LogP contribution in [-0.2, 0) is 0 Å². The van der Waals surface area contributed by atoms with Gasteiger partial charge in [0.25, 0.3) is 0 Å². The Kier molecular flexibility index (Phi) is 5.22. The summed E-state index contributed by atoms with van der Waals surface area (Å²) in [5, 5.41) is 2.43. The lowest BCUT2D eigenvalue weighted by molar-refractivity contribution is 0.617. The van der Waals surface area contributed by atoms with E-state index in [4.69, 9.17) is 18.8 Å². The molecular weight excluding hydrogens is 566 g/mol. The highest BCUT2D eigenvalue weighted by Gasteiger charge is 2.24. The highest BCUT2D eigenvalue weighted by molar-refractivity contribution is 6.19. The van der Waals surface area contributed by atoms with Crippen LogP contribution in [0.2, 0.25) is 0 Å². The predicted molar refractivity (Wildman–Crippen MR) is 183 cm³/mol. The number of benzene rings is 6. The first-order chi connectivity index (χ1) is 22.8. The summed E-state index contributed by atoms with van der Waals surface area (Å²) in [7, 11) is 0. The first kappa shape index (κ1) is 25.0. The molecule has 3 aromatic heterocycles. The normalized spacial score (nSPS) is 11.9. The lowest BCUT2D eigenvalue weighted by atomic mass is 9.95. The number of rotatable bonds is 4. The molecule has 1 aliphatic rings. The highest BCUT2D eigenvalue weighted by atomic mass is 16.4. The Morgan fingerprint density at radius 3 is 1.85 bits per heavy atom. The van der Waals surface area contributed by atoms with Gasteiger partial charge in [-0.3, -0.25) is 0 Å². The molecule has 0 N–H and O–H groups in total. The van der Waals surface area contributed by atoms with Gasteiger partial charge in [0.15, 0.2) is 11.2 Å². The van der Waals surface area contributed by atoms with Gasteiger partial charge in [-0.1, -0.05) is 84.9 Å². The molecule has 0 spiro atoms. The third-order valence-corrected chi connectivity index (χ3v) is 8.92. The van der Waals surface area contributed by atoms with Crippen molar-refractivity contribution >= 4 is 33.0 Å². The van der Waals surface area contributed by atoms with Gasteiger partial charge < -0.3 is 8.83 Å². The number of fused-ring (bicyclic) bond motifs is 5. The Morgan fingerprint density at radius 2 is 1.00 bits per heavy atom. The molecule has 0 bridgehead atoms. The lowest BCUT2D eigenvalue weighted by Crippen LogP contribution is -1.90. The maximum absolute atomic E-state index is 6.07. The van der Waals surface area contributed by atoms with E-state index in [0.717, 1.165) is 50.1 Å². The molecule has 9 aromatic rings. The fourth-order valence-electron chi connectivity index (χ4n) is 6.77. The topological polar surface area (TPSA) is 65.0 Å². The van der Waals surface area contributed by atoms with Crippen molar-refractivity contribution < 1.29 is 8.83 Å². The van der Waals surface area contributed by atoms with E-state index in [1.807, 2.05) is 66.7 Å². The summed E-state index contributed by atoms with van der Waals surface area (Å²) in [5.74, 6) is 1.15. The Bertz CT molecular complexity index is 2600. The fraction of sp³-hybridized carbons (Fsp3) is 0. The van der Waals surface area contributed by atoms with Gasteiger partial charge in [0, 0.05) is 11.1 Å². The van der Waals surface area contributed by atoms with Gasteiger partial charge in [0.2, 0.25) is 11.8 Å². The third-order valence-electron chi connectivity index (χ3n) is 8.92. The smallest absolute Gasteiger partial charge is 0.246 e. The summed E-state index contributed by atoms with van der Waals surface area (Å²) >= 11 is 0. The quantitative estimate of drug-likeness (QED) is 0.204. The van der Waals surface area contributed by atoms with Gasteiger partial charge in [0.1, 0.15) is 16.7 Å². The van der Waals surface area contributed by atoms with Crippen LogP contribution in [0, 0.1) is 0 Å². The summed E-state index contributed by atoms with van der Waals surface area (Å²) in [6.07, 6.45) is 0. The molecule has 0 atom stereocenters. The number of nitrogens with zero attached hydrogens (tertiary/aromatic N) is 3. The molecule has 5 nitrogen and oxygen atoms in total. The zero-order valence-corrected chi connectivity index (χ0v) is 24.4. The van der Waals surface area contributed by atoms with Crippen LogP contribution in [0.25, 0.3) is 101 Å². The highest BCUT2D eigenvalue weighted by Crippen LogP contribution is 2.50. The molecule has 3 heterocycles. The Morgan fingerprint density at radius 1 is 0.370 bits per heavy atom. The van der Waals surface area contributed by atoms with Crippen LogP contribution in [0.4, 0.5) is 0 Å². The van der Waals surface area contributed by atoms with Crippen molar-refractivity contribution in [3.05, 3.63) is 140 Å². The maximum atomic E-state index is 6.07. The zero-order valence-electron chi connectivity index (χ0n) is 24.4. The van der Waals surface area contributed by atoms with Crippen molar-refractivity contribution in [3.8, 4) is 67.7 Å². The van der Waals surface area contributed by atoms with Crippen LogP contribution >= 0.6 is 0 Å². The van der Waals surface area contributed by atoms with Crippen LogP contribution in [0.15, 0.2) is 148 Å². The van der Waals surface area contributed by atoms with E-state index in [1.54, 1.807) is 0 Å². The molecule has 0 radical (unpaired) electrons. The number of pyridine rings is 1. The Hall–Kier alpha value is -6.33. The minimum absolute atomic E-state index is 0.522. The number of hydrogen-bond acceptors (Lipinski definition) is 5. The number of oxazole rings is 2. The van der Waals surface area contributed by atoms with Crippen molar-refractivity contribution in [2.75, 3.05) is 0 Å². The van der Waals surface area contributed by atoms with Gasteiger partial charge >= 0.3 is 0 Å². The molecule has 1 aliphatic carbocycles. The molecule has 10 rings (SSSR count). The minimum atomic E-state index is 0.522. The van der Waals surface area contributed by atoms with E-state index < -0.39 is 0 Å². The number of aromatic nitrogens is 3. The van der Waals surface area contributed by atoms with Crippen LogP contribution in [0.3, 0.4) is 0 Å². The van der Waals surface area contributed by atoms with Crippen LogP contribution < -0.4 is 0 Å². The van der Waals surface area contributed by atoms with Crippen LogP contribution in [0.1, 0.15) is 0 Å². The Balaban J connectivity index is 1.06. The second-order valence-electron chi connectivity index (χ2n) is 11.6. The molecule has 46 heavy (non-hydrogen) atoms. The molecule has 0 saturated heterocycles. The van der Waals surface area contributed by atoms with E-state index in [0.29, 0.717) is 17.5 Å². The summed E-state index contributed by atoms with van der Waals surface area (Å²) in [4.78, 5) is 14.4. The molecular formula is C41H23N3O2. The fourth-order valence-corrected chi connectivity index (χ4v) is 6.77. The van der Waals surface area contributed by atoms with E-state index in [9.17, 15) is 0 Å². The molecule has 5 heteroatoms. The van der Waals surface area contributed by atoms with Crippen LogP contribution in [-0.4, -0.2) is 15.0 Å². The molecule has 0 fully saturated rings. The first-order valence-electron chi connectivity index (χ1n) is 15.3. The first-order valence-corrected chi connectivity index (χ1v) is 15.3. The van der Waals surface area contributed by atoms with Gasteiger partial charge in [-0.05, 0) is 98.8 Å². The van der Waals surface area contributed by atoms with Crippen molar-refractivity contribution in [2.45, 2.75) is 0 Å². The minimum Gasteiger partial charge on any atom is -0.436 e. The molecule has 6 aromatic carbocycles. The van der Waals surface area contributed by atoms with Crippen molar-refractivity contribution in [3.63, 3.8) is 0 Å². The summed E-state index contributed by atoms with van der Waals surface area (Å²) in [6.45, 7) is 0. The van der Waals surface area contributed by atoms with E-state index in [-0.39, 0.29) is 0 Å². The van der Waals surface area contributed by atoms with Crippen molar-refractivity contribution in [2.24, 2.45) is 0 Å². The second-order valence-corrected chi connectivity index (χ2v) is 11.6. The van der Waals surface area contributed by atoms with Gasteiger partial charge in [-0.25, -0.2) is 15.0 Å². The van der Waals surface area contributed by atoms with Crippen LogP contribution in [0.5, 0.6) is 0 Å². The summed E-state index contributed by atoms with van der Waals surface area (Å²) in [6, 6.07) is 47.8. The molecule has 0 amide bonds. The molecule has 0 saturated carbocycles. The summed E-state index contributed by atoms with van der Waals surface area (Å²) in [5.41, 5.74) is 14.1.